The number of nitrogens with zero attached hydrogens (tertiary/aromatic N) is 1. The molecule has 76 valence electrons. The molecule has 0 unspecified atom stereocenters. The summed E-state index contributed by atoms with van der Waals surface area (Å²) in [6.07, 6.45) is 0. The second kappa shape index (κ2) is 4.26. The lowest BCUT2D eigenvalue weighted by Crippen LogP contribution is -1.97. The van der Waals surface area contributed by atoms with Crippen LogP contribution in [-0.2, 0) is 6.61 Å². The molecule has 14 heavy (non-hydrogen) atoms. The van der Waals surface area contributed by atoms with Crippen LogP contribution in [0.1, 0.15) is 5.56 Å². The van der Waals surface area contributed by atoms with E-state index >= 15 is 0 Å². The summed E-state index contributed by atoms with van der Waals surface area (Å²) in [7, 11) is 1.36. The minimum atomic E-state index is -0.593. The smallest absolute Gasteiger partial charge is 0.278 e. The fourth-order valence-corrected chi connectivity index (χ4v) is 1.30. The Balaban J connectivity index is 3.32. The summed E-state index contributed by atoms with van der Waals surface area (Å²) in [5.41, 5.74) is -0.0328. The summed E-state index contributed by atoms with van der Waals surface area (Å²) < 4.78 is 4.82. The minimum absolute atomic E-state index is 0.167. The molecule has 0 saturated carbocycles. The summed E-state index contributed by atoms with van der Waals surface area (Å²) in [5, 5.41) is 19.6. The van der Waals surface area contributed by atoms with Crippen LogP contribution in [0, 0.1) is 10.1 Å². The van der Waals surface area contributed by atoms with Gasteiger partial charge in [0.15, 0.2) is 0 Å². The number of hydrogen-bond acceptors (Lipinski definition) is 4. The average molecular weight is 218 g/mol. The van der Waals surface area contributed by atoms with E-state index in [1.54, 1.807) is 0 Å². The Bertz CT molecular complexity index is 367. The van der Waals surface area contributed by atoms with Crippen LogP contribution >= 0.6 is 11.6 Å². The van der Waals surface area contributed by atoms with Crippen LogP contribution in [0.5, 0.6) is 5.75 Å². The number of aliphatic hydroxyl groups is 1. The van der Waals surface area contributed by atoms with Crippen LogP contribution in [0.25, 0.3) is 0 Å². The van der Waals surface area contributed by atoms with Gasteiger partial charge < -0.3 is 9.84 Å². The molecule has 0 aliphatic carbocycles. The number of benzene rings is 1. The van der Waals surface area contributed by atoms with Gasteiger partial charge in [0.05, 0.1) is 35.3 Å². The molecule has 0 spiro atoms. The zero-order chi connectivity index (χ0) is 10.7. The number of nitro groups is 1. The highest BCUT2D eigenvalue weighted by atomic mass is 35.5. The first kappa shape index (κ1) is 10.7. The fraction of sp³-hybridized carbons (Fsp3) is 0.250. The standard InChI is InChI=1S/C8H8ClNO4/c1-14-8-3-7(10(12)13)5(4-11)2-6(8)9/h2-3,11H,4H2,1H3. The molecule has 0 fully saturated rings. The van der Waals surface area contributed by atoms with Crippen LogP contribution in [0.3, 0.4) is 0 Å². The van der Waals surface area contributed by atoms with E-state index < -0.39 is 11.5 Å². The lowest BCUT2D eigenvalue weighted by Gasteiger charge is -2.05. The maximum atomic E-state index is 10.6. The molecule has 0 aliphatic heterocycles. The average Bonchev–Trinajstić information content (AvgIpc) is 2.16. The van der Waals surface area contributed by atoms with Crippen molar-refractivity contribution >= 4 is 17.3 Å². The predicted octanol–water partition coefficient (Wildman–Crippen LogP) is 1.75. The Hall–Kier alpha value is -1.33. The third-order valence-corrected chi connectivity index (χ3v) is 2.02. The van der Waals surface area contributed by atoms with Crippen molar-refractivity contribution in [2.24, 2.45) is 0 Å². The van der Waals surface area contributed by atoms with E-state index in [2.05, 4.69) is 0 Å². The van der Waals surface area contributed by atoms with Crippen molar-refractivity contribution in [3.8, 4) is 5.75 Å². The monoisotopic (exact) mass is 217 g/mol. The van der Waals surface area contributed by atoms with Gasteiger partial charge in [-0.1, -0.05) is 11.6 Å². The van der Waals surface area contributed by atoms with Gasteiger partial charge in [-0.25, -0.2) is 0 Å². The summed E-state index contributed by atoms with van der Waals surface area (Å²) in [6.45, 7) is -0.431. The molecule has 1 N–H and O–H groups in total. The lowest BCUT2D eigenvalue weighted by molar-refractivity contribution is -0.385. The third kappa shape index (κ3) is 1.94. The third-order valence-electron chi connectivity index (χ3n) is 1.72. The van der Waals surface area contributed by atoms with Crippen molar-refractivity contribution in [3.05, 3.63) is 32.8 Å². The van der Waals surface area contributed by atoms with Gasteiger partial charge in [-0.05, 0) is 6.07 Å². The van der Waals surface area contributed by atoms with Crippen LogP contribution in [0.2, 0.25) is 5.02 Å². The summed E-state index contributed by atoms with van der Waals surface area (Å²) in [6, 6.07) is 2.51. The Kier molecular flexibility index (Phi) is 3.27. The van der Waals surface area contributed by atoms with Gasteiger partial charge in [-0.2, -0.15) is 0 Å². The molecule has 0 aliphatic rings. The lowest BCUT2D eigenvalue weighted by atomic mass is 10.2. The summed E-state index contributed by atoms with van der Waals surface area (Å²) in [5.74, 6) is 0.218. The molecule has 1 aromatic rings. The quantitative estimate of drug-likeness (QED) is 0.618. The Morgan fingerprint density at radius 1 is 1.64 bits per heavy atom. The van der Waals surface area contributed by atoms with Crippen LogP contribution in [0.15, 0.2) is 12.1 Å². The number of nitro benzene ring substituents is 1. The first-order chi connectivity index (χ1) is 6.60. The van der Waals surface area contributed by atoms with E-state index in [0.717, 1.165) is 0 Å². The van der Waals surface area contributed by atoms with Crippen molar-refractivity contribution in [1.82, 2.24) is 0 Å². The molecular formula is C8H8ClNO4. The number of methoxy groups -OCH3 is 1. The van der Waals surface area contributed by atoms with Crippen LogP contribution < -0.4 is 4.74 Å². The number of halogens is 1. The van der Waals surface area contributed by atoms with Gasteiger partial charge >= 0.3 is 0 Å². The molecule has 0 heterocycles. The maximum absolute atomic E-state index is 10.6. The maximum Gasteiger partial charge on any atom is 0.278 e. The van der Waals surface area contributed by atoms with Gasteiger partial charge in [0.1, 0.15) is 5.75 Å². The zero-order valence-corrected chi connectivity index (χ0v) is 8.11. The minimum Gasteiger partial charge on any atom is -0.495 e. The van der Waals surface area contributed by atoms with E-state index in [-0.39, 0.29) is 22.0 Å². The van der Waals surface area contributed by atoms with E-state index in [1.807, 2.05) is 0 Å². The molecule has 6 heteroatoms. The molecule has 5 nitrogen and oxygen atoms in total. The van der Waals surface area contributed by atoms with E-state index in [1.165, 1.54) is 19.2 Å². The Morgan fingerprint density at radius 3 is 2.71 bits per heavy atom. The van der Waals surface area contributed by atoms with Crippen molar-refractivity contribution in [3.63, 3.8) is 0 Å². The van der Waals surface area contributed by atoms with Crippen LogP contribution in [-0.4, -0.2) is 17.1 Å². The normalized spacial score (nSPS) is 9.93. The van der Waals surface area contributed by atoms with Crippen molar-refractivity contribution in [2.75, 3.05) is 7.11 Å². The van der Waals surface area contributed by atoms with E-state index in [0.29, 0.717) is 0 Å². The fourth-order valence-electron chi connectivity index (χ4n) is 1.04. The van der Waals surface area contributed by atoms with E-state index in [9.17, 15) is 10.1 Å². The highest BCUT2D eigenvalue weighted by molar-refractivity contribution is 6.32. The molecule has 1 rings (SSSR count). The summed E-state index contributed by atoms with van der Waals surface area (Å²) in [4.78, 5) is 9.96. The topological polar surface area (TPSA) is 72.6 Å². The van der Waals surface area contributed by atoms with E-state index in [4.69, 9.17) is 21.4 Å². The van der Waals surface area contributed by atoms with Crippen molar-refractivity contribution in [1.29, 1.82) is 0 Å². The second-order valence-electron chi connectivity index (χ2n) is 2.53. The molecule has 0 aromatic heterocycles. The molecular weight excluding hydrogens is 210 g/mol. The van der Waals surface area contributed by atoms with Crippen LogP contribution in [0.4, 0.5) is 5.69 Å². The number of aliphatic hydroxyl groups excluding tert-OH is 1. The number of rotatable bonds is 3. The second-order valence-corrected chi connectivity index (χ2v) is 2.94. The Labute approximate surface area is 85.0 Å². The molecule has 1 aromatic carbocycles. The Morgan fingerprint density at radius 2 is 2.29 bits per heavy atom. The molecule has 0 amide bonds. The van der Waals surface area contributed by atoms with Gasteiger partial charge in [0.2, 0.25) is 0 Å². The molecule has 0 radical (unpaired) electrons. The predicted molar refractivity (Wildman–Crippen MR) is 50.6 cm³/mol. The number of hydrogen-bond donors (Lipinski definition) is 1. The highest BCUT2D eigenvalue weighted by Crippen LogP contribution is 2.32. The van der Waals surface area contributed by atoms with Crippen molar-refractivity contribution < 1.29 is 14.8 Å². The van der Waals surface area contributed by atoms with Gasteiger partial charge in [0.25, 0.3) is 5.69 Å². The highest BCUT2D eigenvalue weighted by Gasteiger charge is 2.16. The van der Waals surface area contributed by atoms with Gasteiger partial charge in [0, 0.05) is 0 Å². The van der Waals surface area contributed by atoms with Gasteiger partial charge in [-0.3, -0.25) is 10.1 Å². The number of ether oxygens (including phenoxy) is 1. The zero-order valence-electron chi connectivity index (χ0n) is 7.36. The molecule has 0 saturated heterocycles. The molecule has 0 atom stereocenters. The van der Waals surface area contributed by atoms with Crippen molar-refractivity contribution in [2.45, 2.75) is 6.61 Å². The first-order valence-electron chi connectivity index (χ1n) is 3.71. The largest absolute Gasteiger partial charge is 0.495 e. The first-order valence-corrected chi connectivity index (χ1v) is 4.09. The molecule has 0 bridgehead atoms. The summed E-state index contributed by atoms with van der Waals surface area (Å²) >= 11 is 5.73. The van der Waals surface area contributed by atoms with Gasteiger partial charge in [-0.15, -0.1) is 0 Å². The SMILES string of the molecule is COc1cc([N+](=O)[O-])c(CO)cc1Cl.